The second-order valence-corrected chi connectivity index (χ2v) is 6.31. The van der Waals surface area contributed by atoms with E-state index in [4.69, 9.17) is 5.11 Å². The van der Waals surface area contributed by atoms with Gasteiger partial charge in [-0.3, -0.25) is 4.79 Å². The summed E-state index contributed by atoms with van der Waals surface area (Å²) < 4.78 is 0. The normalized spacial score (nSPS) is 21.9. The molecule has 2 N–H and O–H groups in total. The fourth-order valence-electron chi connectivity index (χ4n) is 2.80. The van der Waals surface area contributed by atoms with E-state index in [-0.39, 0.29) is 12.0 Å². The first-order valence-corrected chi connectivity index (χ1v) is 8.10. The number of anilines is 1. The average molecular weight is 302 g/mol. The molecule has 1 saturated carbocycles. The molecule has 1 aliphatic rings. The van der Waals surface area contributed by atoms with Gasteiger partial charge in [0, 0.05) is 17.0 Å². The molecule has 1 aromatic heterocycles. The molecule has 0 saturated heterocycles. The summed E-state index contributed by atoms with van der Waals surface area (Å²) in [6, 6.07) is 10.3. The minimum absolute atomic E-state index is 0.217. The van der Waals surface area contributed by atoms with Crippen molar-refractivity contribution in [1.82, 2.24) is 4.98 Å². The number of nitrogens with one attached hydrogen (secondary N) is 1. The van der Waals surface area contributed by atoms with Crippen LogP contribution in [0.4, 0.5) is 5.13 Å². The average Bonchev–Trinajstić information content (AvgIpc) is 2.97. The smallest absolute Gasteiger partial charge is 0.306 e. The van der Waals surface area contributed by atoms with E-state index < -0.39 is 5.97 Å². The number of hydrogen-bond acceptors (Lipinski definition) is 4. The van der Waals surface area contributed by atoms with E-state index in [2.05, 4.69) is 10.3 Å². The predicted octanol–water partition coefficient (Wildman–Crippen LogP) is 3.87. The van der Waals surface area contributed by atoms with Crippen molar-refractivity contribution >= 4 is 22.4 Å². The van der Waals surface area contributed by atoms with Crippen molar-refractivity contribution in [3.63, 3.8) is 0 Å². The van der Waals surface area contributed by atoms with Gasteiger partial charge in [0.2, 0.25) is 0 Å². The Morgan fingerprint density at radius 2 is 2.10 bits per heavy atom. The quantitative estimate of drug-likeness (QED) is 0.900. The summed E-state index contributed by atoms with van der Waals surface area (Å²) in [6.07, 6.45) is 3.46. The molecule has 0 amide bonds. The molecule has 0 radical (unpaired) electrons. The molecule has 1 aliphatic carbocycles. The van der Waals surface area contributed by atoms with E-state index in [9.17, 15) is 4.79 Å². The van der Waals surface area contributed by atoms with Crippen molar-refractivity contribution in [3.8, 4) is 11.3 Å². The lowest BCUT2D eigenvalue weighted by Gasteiger charge is -2.27. The maximum atomic E-state index is 11.1. The van der Waals surface area contributed by atoms with Crippen LogP contribution in [0.3, 0.4) is 0 Å². The second kappa shape index (κ2) is 6.26. The molecule has 1 fully saturated rings. The van der Waals surface area contributed by atoms with Crippen LogP contribution >= 0.6 is 11.3 Å². The zero-order valence-electron chi connectivity index (χ0n) is 11.7. The third kappa shape index (κ3) is 3.42. The first-order chi connectivity index (χ1) is 10.2. The minimum Gasteiger partial charge on any atom is -0.481 e. The minimum atomic E-state index is -0.675. The summed E-state index contributed by atoms with van der Waals surface area (Å²) in [5.41, 5.74) is 2.07. The topological polar surface area (TPSA) is 62.2 Å². The highest BCUT2D eigenvalue weighted by Gasteiger charge is 2.27. The van der Waals surface area contributed by atoms with Gasteiger partial charge in [-0.15, -0.1) is 11.3 Å². The van der Waals surface area contributed by atoms with E-state index in [1.165, 1.54) is 0 Å². The van der Waals surface area contributed by atoms with E-state index in [0.717, 1.165) is 35.7 Å². The van der Waals surface area contributed by atoms with Crippen LogP contribution in [-0.4, -0.2) is 22.1 Å². The first-order valence-electron chi connectivity index (χ1n) is 7.22. The second-order valence-electron chi connectivity index (χ2n) is 5.45. The Morgan fingerprint density at radius 3 is 2.86 bits per heavy atom. The lowest BCUT2D eigenvalue weighted by Crippen LogP contribution is -2.30. The van der Waals surface area contributed by atoms with Gasteiger partial charge in [-0.25, -0.2) is 4.98 Å². The summed E-state index contributed by atoms with van der Waals surface area (Å²) in [5, 5.41) is 15.5. The molecule has 1 heterocycles. The van der Waals surface area contributed by atoms with Crippen LogP contribution in [0.15, 0.2) is 35.7 Å². The highest BCUT2D eigenvalue weighted by Crippen LogP contribution is 2.30. The van der Waals surface area contributed by atoms with Crippen molar-refractivity contribution in [2.24, 2.45) is 5.92 Å². The van der Waals surface area contributed by atoms with Crippen molar-refractivity contribution in [2.75, 3.05) is 5.32 Å². The Labute approximate surface area is 127 Å². The zero-order chi connectivity index (χ0) is 14.7. The number of nitrogens with zero attached hydrogens (tertiary/aromatic N) is 1. The zero-order valence-corrected chi connectivity index (χ0v) is 12.5. The first kappa shape index (κ1) is 14.1. The van der Waals surface area contributed by atoms with Crippen LogP contribution in [0.2, 0.25) is 0 Å². The van der Waals surface area contributed by atoms with Crippen molar-refractivity contribution < 1.29 is 9.90 Å². The molecule has 2 unspecified atom stereocenters. The Balaban J connectivity index is 1.66. The number of rotatable bonds is 4. The molecule has 0 aliphatic heterocycles. The van der Waals surface area contributed by atoms with Crippen molar-refractivity contribution in [2.45, 2.75) is 31.7 Å². The predicted molar refractivity (Wildman–Crippen MR) is 84.6 cm³/mol. The fourth-order valence-corrected chi connectivity index (χ4v) is 3.60. The van der Waals surface area contributed by atoms with E-state index in [0.29, 0.717) is 6.42 Å². The monoisotopic (exact) mass is 302 g/mol. The van der Waals surface area contributed by atoms with Crippen LogP contribution in [0.25, 0.3) is 11.3 Å². The Kier molecular flexibility index (Phi) is 4.20. The van der Waals surface area contributed by atoms with E-state index in [1.807, 2.05) is 35.7 Å². The maximum absolute atomic E-state index is 11.1. The highest BCUT2D eigenvalue weighted by atomic mass is 32.1. The Bertz CT molecular complexity index is 612. The molecule has 1 aromatic carbocycles. The number of benzene rings is 1. The molecule has 110 valence electrons. The van der Waals surface area contributed by atoms with Gasteiger partial charge in [0.25, 0.3) is 0 Å². The molecule has 5 heteroatoms. The SMILES string of the molecule is O=C(O)C1CCCC(Nc2nc(-c3ccccc3)cs2)C1. The molecule has 4 nitrogen and oxygen atoms in total. The van der Waals surface area contributed by atoms with E-state index in [1.54, 1.807) is 11.3 Å². The van der Waals surface area contributed by atoms with Gasteiger partial charge in [-0.05, 0) is 19.3 Å². The Hall–Kier alpha value is -1.88. The lowest BCUT2D eigenvalue weighted by molar-refractivity contribution is -0.142. The maximum Gasteiger partial charge on any atom is 0.306 e. The molecule has 0 spiro atoms. The number of aromatic nitrogens is 1. The molecular weight excluding hydrogens is 284 g/mol. The molecule has 2 atom stereocenters. The van der Waals surface area contributed by atoms with Gasteiger partial charge in [-0.1, -0.05) is 36.8 Å². The van der Waals surface area contributed by atoms with Gasteiger partial charge in [0.05, 0.1) is 11.6 Å². The van der Waals surface area contributed by atoms with Crippen LogP contribution in [0.5, 0.6) is 0 Å². The standard InChI is InChI=1S/C16H18N2O2S/c19-15(20)12-7-4-8-13(9-12)17-16-18-14(10-21-16)11-5-2-1-3-6-11/h1-3,5-6,10,12-13H,4,7-9H2,(H,17,18)(H,19,20). The molecule has 2 aromatic rings. The fraction of sp³-hybridized carbons (Fsp3) is 0.375. The number of carboxylic acid groups (broad SMARTS) is 1. The van der Waals surface area contributed by atoms with Crippen LogP contribution in [0.1, 0.15) is 25.7 Å². The Morgan fingerprint density at radius 1 is 1.29 bits per heavy atom. The van der Waals surface area contributed by atoms with Gasteiger partial charge in [-0.2, -0.15) is 0 Å². The number of carbonyl (C=O) groups is 1. The van der Waals surface area contributed by atoms with E-state index >= 15 is 0 Å². The number of hydrogen-bond donors (Lipinski definition) is 2. The summed E-state index contributed by atoms with van der Waals surface area (Å²) in [6.45, 7) is 0. The summed E-state index contributed by atoms with van der Waals surface area (Å²) in [4.78, 5) is 15.7. The third-order valence-corrected chi connectivity index (χ3v) is 4.70. The molecule has 0 bridgehead atoms. The van der Waals surface area contributed by atoms with Gasteiger partial charge < -0.3 is 10.4 Å². The van der Waals surface area contributed by atoms with Gasteiger partial charge in [0.15, 0.2) is 5.13 Å². The summed E-state index contributed by atoms with van der Waals surface area (Å²) in [5.74, 6) is -0.893. The lowest BCUT2D eigenvalue weighted by atomic mass is 9.86. The third-order valence-electron chi connectivity index (χ3n) is 3.92. The summed E-state index contributed by atoms with van der Waals surface area (Å²) >= 11 is 1.58. The largest absolute Gasteiger partial charge is 0.481 e. The molecular formula is C16H18N2O2S. The van der Waals surface area contributed by atoms with Crippen LogP contribution < -0.4 is 5.32 Å². The summed E-state index contributed by atoms with van der Waals surface area (Å²) in [7, 11) is 0. The van der Waals surface area contributed by atoms with Crippen molar-refractivity contribution in [1.29, 1.82) is 0 Å². The highest BCUT2D eigenvalue weighted by molar-refractivity contribution is 7.14. The van der Waals surface area contributed by atoms with Crippen molar-refractivity contribution in [3.05, 3.63) is 35.7 Å². The van der Waals surface area contributed by atoms with Gasteiger partial charge >= 0.3 is 5.97 Å². The number of aliphatic carboxylic acids is 1. The molecule has 21 heavy (non-hydrogen) atoms. The number of thiazole rings is 1. The van der Waals surface area contributed by atoms with Crippen LogP contribution in [-0.2, 0) is 4.79 Å². The number of carboxylic acids is 1. The van der Waals surface area contributed by atoms with Crippen LogP contribution in [0, 0.1) is 5.92 Å². The molecule has 3 rings (SSSR count). The van der Waals surface area contributed by atoms with Gasteiger partial charge in [0.1, 0.15) is 0 Å².